The summed E-state index contributed by atoms with van der Waals surface area (Å²) in [5, 5.41) is 2.95. The lowest BCUT2D eigenvalue weighted by Gasteiger charge is -2.34. The molecule has 1 atom stereocenters. The summed E-state index contributed by atoms with van der Waals surface area (Å²) in [5.74, 6) is -0.342. The first-order chi connectivity index (χ1) is 8.78. The summed E-state index contributed by atoms with van der Waals surface area (Å²) in [6, 6.07) is 0.857. The van der Waals surface area contributed by atoms with Gasteiger partial charge < -0.3 is 15.8 Å². The lowest BCUT2D eigenvalue weighted by atomic mass is 9.95. The number of ether oxygens (including phenoxy) is 1. The number of hydrogen-bond donors (Lipinski definition) is 2. The van der Waals surface area contributed by atoms with E-state index in [9.17, 15) is 13.2 Å². The third-order valence-corrected chi connectivity index (χ3v) is 2.90. The van der Waals surface area contributed by atoms with Crippen molar-refractivity contribution in [1.29, 1.82) is 0 Å². The van der Waals surface area contributed by atoms with E-state index in [0.29, 0.717) is 13.2 Å². The molecule has 0 aromatic carbocycles. The molecule has 1 unspecified atom stereocenters. The Morgan fingerprint density at radius 2 is 2.16 bits per heavy atom. The molecule has 0 spiro atoms. The second kappa shape index (κ2) is 4.84. The van der Waals surface area contributed by atoms with Gasteiger partial charge >= 0.3 is 6.18 Å². The first-order valence-corrected chi connectivity index (χ1v) is 5.86. The van der Waals surface area contributed by atoms with Gasteiger partial charge in [-0.2, -0.15) is 18.2 Å². The van der Waals surface area contributed by atoms with Gasteiger partial charge in [-0.3, -0.25) is 0 Å². The Hall–Kier alpha value is -1.57. The van der Waals surface area contributed by atoms with Crippen LogP contribution in [-0.4, -0.2) is 28.7 Å². The van der Waals surface area contributed by atoms with Gasteiger partial charge in [-0.25, -0.2) is 4.98 Å². The maximum atomic E-state index is 12.6. The Morgan fingerprint density at radius 3 is 2.74 bits per heavy atom. The lowest BCUT2D eigenvalue weighted by molar-refractivity contribution is -0.141. The van der Waals surface area contributed by atoms with Gasteiger partial charge in [0, 0.05) is 12.7 Å². The monoisotopic (exact) mass is 276 g/mol. The van der Waals surface area contributed by atoms with E-state index >= 15 is 0 Å². The van der Waals surface area contributed by atoms with Gasteiger partial charge in [-0.1, -0.05) is 0 Å². The van der Waals surface area contributed by atoms with Crippen molar-refractivity contribution in [1.82, 2.24) is 9.97 Å². The minimum absolute atomic E-state index is 0.0628. The van der Waals surface area contributed by atoms with E-state index in [1.54, 1.807) is 0 Å². The number of nitrogens with one attached hydrogen (secondary N) is 1. The van der Waals surface area contributed by atoms with E-state index < -0.39 is 23.4 Å². The quantitative estimate of drug-likeness (QED) is 0.865. The molecule has 19 heavy (non-hydrogen) atoms. The molecule has 0 saturated carbocycles. The molecule has 1 aromatic heterocycles. The maximum absolute atomic E-state index is 12.6. The van der Waals surface area contributed by atoms with Crippen LogP contribution < -0.4 is 11.1 Å². The highest BCUT2D eigenvalue weighted by Crippen LogP contribution is 2.30. The summed E-state index contributed by atoms with van der Waals surface area (Å²) < 4.78 is 43.2. The molecule has 1 aliphatic rings. The van der Waals surface area contributed by atoms with Crippen LogP contribution >= 0.6 is 0 Å². The van der Waals surface area contributed by atoms with Crippen molar-refractivity contribution in [3.8, 4) is 0 Å². The number of halogens is 3. The second-order valence-electron chi connectivity index (χ2n) is 4.84. The summed E-state index contributed by atoms with van der Waals surface area (Å²) in [6.45, 7) is 2.95. The van der Waals surface area contributed by atoms with Crippen molar-refractivity contribution in [3.63, 3.8) is 0 Å². The maximum Gasteiger partial charge on any atom is 0.433 e. The molecule has 2 rings (SSSR count). The largest absolute Gasteiger partial charge is 0.433 e. The zero-order chi connectivity index (χ0) is 14.1. The molecular weight excluding hydrogens is 261 g/mol. The summed E-state index contributed by atoms with van der Waals surface area (Å²) in [7, 11) is 0. The Kier molecular flexibility index (Phi) is 3.53. The topological polar surface area (TPSA) is 73.1 Å². The van der Waals surface area contributed by atoms with Crippen molar-refractivity contribution in [3.05, 3.63) is 11.8 Å². The Labute approximate surface area is 108 Å². The van der Waals surface area contributed by atoms with Crippen molar-refractivity contribution in [2.75, 3.05) is 24.3 Å². The molecule has 8 heteroatoms. The van der Waals surface area contributed by atoms with Crippen molar-refractivity contribution < 1.29 is 17.9 Å². The average molecular weight is 276 g/mol. The van der Waals surface area contributed by atoms with E-state index in [2.05, 4.69) is 15.3 Å². The number of nitrogen functional groups attached to an aromatic ring is 1. The third kappa shape index (κ3) is 3.46. The highest BCUT2D eigenvalue weighted by atomic mass is 19.4. The van der Waals surface area contributed by atoms with Crippen LogP contribution in [0.4, 0.5) is 24.9 Å². The van der Waals surface area contributed by atoms with E-state index in [4.69, 9.17) is 10.5 Å². The fourth-order valence-corrected chi connectivity index (χ4v) is 2.02. The normalized spacial score (nSPS) is 24.2. The van der Waals surface area contributed by atoms with Gasteiger partial charge in [0.25, 0.3) is 0 Å². The summed E-state index contributed by atoms with van der Waals surface area (Å²) in [5.41, 5.74) is 3.82. The third-order valence-electron chi connectivity index (χ3n) is 2.90. The number of nitrogens with zero attached hydrogens (tertiary/aromatic N) is 2. The first kappa shape index (κ1) is 13.9. The van der Waals surface area contributed by atoms with Gasteiger partial charge in [-0.15, -0.1) is 0 Å². The molecule has 1 aromatic rings. The fraction of sp³-hybridized carbons (Fsp3) is 0.636. The minimum Gasteiger partial charge on any atom is -0.379 e. The Morgan fingerprint density at radius 1 is 1.42 bits per heavy atom. The number of alkyl halides is 3. The van der Waals surface area contributed by atoms with Crippen molar-refractivity contribution >= 4 is 11.8 Å². The van der Waals surface area contributed by atoms with Crippen LogP contribution in [0.2, 0.25) is 0 Å². The number of rotatable bonds is 2. The molecular formula is C11H15F3N4O. The predicted octanol–water partition coefficient (Wildman–Crippen LogP) is 2.06. The van der Waals surface area contributed by atoms with Crippen molar-refractivity contribution in [2.24, 2.45) is 0 Å². The highest BCUT2D eigenvalue weighted by molar-refractivity contribution is 5.43. The predicted molar refractivity (Wildman–Crippen MR) is 63.5 cm³/mol. The SMILES string of the molecule is CC1(Nc2cc(C(F)(F)F)nc(N)n2)CCCOC1. The lowest BCUT2D eigenvalue weighted by Crippen LogP contribution is -2.43. The molecule has 106 valence electrons. The highest BCUT2D eigenvalue weighted by Gasteiger charge is 2.34. The fourth-order valence-electron chi connectivity index (χ4n) is 2.02. The number of hydrogen-bond acceptors (Lipinski definition) is 5. The zero-order valence-electron chi connectivity index (χ0n) is 10.4. The molecule has 1 saturated heterocycles. The molecule has 2 heterocycles. The van der Waals surface area contributed by atoms with Crippen LogP contribution in [0, 0.1) is 0 Å². The van der Waals surface area contributed by atoms with Crippen LogP contribution in [0.5, 0.6) is 0 Å². The zero-order valence-corrected chi connectivity index (χ0v) is 10.4. The standard InChI is InChI=1S/C11H15F3N4O/c1-10(3-2-4-19-6-10)18-8-5-7(11(12,13)14)16-9(15)17-8/h5H,2-4,6H2,1H3,(H3,15,16,17,18). The van der Waals surface area contributed by atoms with E-state index in [1.807, 2.05) is 6.92 Å². The van der Waals surface area contributed by atoms with Crippen LogP contribution in [0.15, 0.2) is 6.07 Å². The minimum atomic E-state index is -4.54. The van der Waals surface area contributed by atoms with Crippen molar-refractivity contribution in [2.45, 2.75) is 31.5 Å². The molecule has 5 nitrogen and oxygen atoms in total. The van der Waals surface area contributed by atoms with Crippen LogP contribution in [0.25, 0.3) is 0 Å². The average Bonchev–Trinajstić information content (AvgIpc) is 2.27. The number of nitrogens with two attached hydrogens (primary N) is 1. The van der Waals surface area contributed by atoms with Gasteiger partial charge in [-0.05, 0) is 19.8 Å². The number of aromatic nitrogens is 2. The van der Waals surface area contributed by atoms with Gasteiger partial charge in [0.1, 0.15) is 5.82 Å². The summed E-state index contributed by atoms with van der Waals surface area (Å²) in [4.78, 5) is 6.98. The van der Waals surface area contributed by atoms with E-state index in [1.165, 1.54) is 0 Å². The first-order valence-electron chi connectivity index (χ1n) is 5.86. The molecule has 0 radical (unpaired) electrons. The van der Waals surface area contributed by atoms with Gasteiger partial charge in [0.15, 0.2) is 5.69 Å². The molecule has 3 N–H and O–H groups in total. The summed E-state index contributed by atoms with van der Waals surface area (Å²) in [6.07, 6.45) is -2.91. The molecule has 1 aliphatic heterocycles. The summed E-state index contributed by atoms with van der Waals surface area (Å²) >= 11 is 0. The second-order valence-corrected chi connectivity index (χ2v) is 4.84. The molecule has 0 amide bonds. The van der Waals surface area contributed by atoms with Crippen LogP contribution in [-0.2, 0) is 10.9 Å². The van der Waals surface area contributed by atoms with E-state index in [0.717, 1.165) is 18.9 Å². The van der Waals surface area contributed by atoms with Gasteiger partial charge in [0.2, 0.25) is 5.95 Å². The Balaban J connectivity index is 2.22. The van der Waals surface area contributed by atoms with E-state index in [-0.39, 0.29) is 5.82 Å². The van der Waals surface area contributed by atoms with Gasteiger partial charge in [0.05, 0.1) is 12.1 Å². The molecule has 1 fully saturated rings. The molecule has 0 bridgehead atoms. The van der Waals surface area contributed by atoms with Crippen LogP contribution in [0.3, 0.4) is 0 Å². The van der Waals surface area contributed by atoms with Crippen LogP contribution in [0.1, 0.15) is 25.5 Å². The smallest absolute Gasteiger partial charge is 0.379 e. The number of anilines is 2. The Bertz CT molecular complexity index is 458. The molecule has 0 aliphatic carbocycles.